The molecule has 1 N–H and O–H groups in total. The molecule has 1 aliphatic rings. The Morgan fingerprint density at radius 3 is 2.20 bits per heavy atom. The number of epoxide rings is 1. The van der Waals surface area contributed by atoms with Crippen molar-refractivity contribution in [3.8, 4) is 0 Å². The van der Waals surface area contributed by atoms with Crippen molar-refractivity contribution in [1.82, 2.24) is 0 Å². The maximum atomic E-state index is 11.1. The fourth-order valence-electron chi connectivity index (χ4n) is 0.0596. The van der Waals surface area contributed by atoms with Gasteiger partial charge in [-0.1, -0.05) is 0 Å². The lowest BCUT2D eigenvalue weighted by molar-refractivity contribution is -0.0801. The first-order chi connectivity index (χ1) is 2.21. The van der Waals surface area contributed by atoms with Crippen LogP contribution in [0.25, 0.3) is 0 Å². The number of aliphatic hydroxyl groups is 1. The van der Waals surface area contributed by atoms with E-state index in [0.717, 1.165) is 0 Å². The molecule has 0 saturated carbocycles. The molecule has 0 spiro atoms. The van der Waals surface area contributed by atoms with Gasteiger partial charge in [0.2, 0.25) is 0 Å². The minimum absolute atomic E-state index is 0.160. The van der Waals surface area contributed by atoms with Crippen LogP contribution in [0.2, 0.25) is 0 Å². The average molecular weight is 78.0 g/mol. The Morgan fingerprint density at radius 1 is 2.00 bits per heavy atom. The van der Waals surface area contributed by atoms with Gasteiger partial charge in [-0.05, 0) is 0 Å². The van der Waals surface area contributed by atoms with E-state index in [1.807, 2.05) is 0 Å². The number of rotatable bonds is 0. The zero-order valence-electron chi connectivity index (χ0n) is 2.44. The molecule has 1 heterocycles. The Labute approximate surface area is 28.2 Å². The maximum Gasteiger partial charge on any atom is 0.342 e. The Kier molecular flexibility index (Phi) is 0.310. The van der Waals surface area contributed by atoms with E-state index in [-0.39, 0.29) is 6.61 Å². The van der Waals surface area contributed by atoms with Gasteiger partial charge in [-0.3, -0.25) is 0 Å². The fourth-order valence-corrected chi connectivity index (χ4v) is 0.0596. The van der Waals surface area contributed by atoms with Crippen LogP contribution in [-0.2, 0) is 4.74 Å². The fraction of sp³-hybridized carbons (Fsp3) is 1.00. The zero-order valence-corrected chi connectivity index (χ0v) is 2.44. The monoisotopic (exact) mass is 78.0 g/mol. The van der Waals surface area contributed by atoms with Crippen molar-refractivity contribution in [2.75, 3.05) is 6.61 Å². The van der Waals surface area contributed by atoms with Crippen molar-refractivity contribution in [3.05, 3.63) is 0 Å². The number of halogens is 1. The number of alkyl halides is 1. The Balaban J connectivity index is 2.38. The van der Waals surface area contributed by atoms with E-state index < -0.39 is 6.04 Å². The van der Waals surface area contributed by atoms with Crippen molar-refractivity contribution in [3.63, 3.8) is 0 Å². The highest BCUT2D eigenvalue weighted by Gasteiger charge is 2.43. The minimum Gasteiger partial charge on any atom is -0.338 e. The quantitative estimate of drug-likeness (QED) is 0.401. The summed E-state index contributed by atoms with van der Waals surface area (Å²) in [6.45, 7) is -0.160. The van der Waals surface area contributed by atoms with E-state index in [4.69, 9.17) is 5.11 Å². The lowest BCUT2D eigenvalue weighted by Gasteiger charge is -1.76. The third-order valence-electron chi connectivity index (χ3n) is 0.383. The summed E-state index contributed by atoms with van der Waals surface area (Å²) in [6, 6.07) is -2.25. The first-order valence-corrected chi connectivity index (χ1v) is 1.26. The molecule has 0 bridgehead atoms. The van der Waals surface area contributed by atoms with Gasteiger partial charge in [0.1, 0.15) is 6.61 Å². The minimum atomic E-state index is -2.25. The van der Waals surface area contributed by atoms with Crippen LogP contribution in [0.3, 0.4) is 0 Å². The molecule has 1 saturated heterocycles. The highest BCUT2D eigenvalue weighted by molar-refractivity contribution is 4.61. The molecule has 1 unspecified atom stereocenters. The third kappa shape index (κ3) is 0.560. The van der Waals surface area contributed by atoms with Crippen LogP contribution in [-0.4, -0.2) is 17.8 Å². The van der Waals surface area contributed by atoms with Gasteiger partial charge in [-0.15, -0.1) is 0 Å². The lowest BCUT2D eigenvalue weighted by Crippen LogP contribution is -1.94. The van der Waals surface area contributed by atoms with Crippen molar-refractivity contribution in [2.45, 2.75) is 6.04 Å². The molecule has 0 amide bonds. The lowest BCUT2D eigenvalue weighted by atomic mass is 10.8. The van der Waals surface area contributed by atoms with Crippen LogP contribution < -0.4 is 0 Å². The molecule has 3 heteroatoms. The van der Waals surface area contributed by atoms with Crippen LogP contribution >= 0.6 is 0 Å². The maximum absolute atomic E-state index is 11.1. The Hall–Kier alpha value is -0.150. The molecule has 0 aromatic rings. The molecule has 1 aliphatic heterocycles. The van der Waals surface area contributed by atoms with E-state index in [0.29, 0.717) is 0 Å². The van der Waals surface area contributed by atoms with E-state index >= 15 is 0 Å². The van der Waals surface area contributed by atoms with Crippen molar-refractivity contribution in [2.24, 2.45) is 0 Å². The number of ether oxygens (including phenoxy) is 1. The van der Waals surface area contributed by atoms with Gasteiger partial charge < -0.3 is 9.84 Å². The van der Waals surface area contributed by atoms with E-state index in [1.165, 1.54) is 0 Å². The van der Waals surface area contributed by atoms with Gasteiger partial charge in [0.25, 0.3) is 0 Å². The second-order valence-electron chi connectivity index (χ2n) is 0.978. The van der Waals surface area contributed by atoms with E-state index in [2.05, 4.69) is 4.74 Å². The average Bonchev–Trinajstić information content (AvgIpc) is 1.76. The summed E-state index contributed by atoms with van der Waals surface area (Å²) in [6.07, 6.45) is 0. The number of hydrogen-bond acceptors (Lipinski definition) is 2. The van der Waals surface area contributed by atoms with Crippen LogP contribution in [0.1, 0.15) is 0 Å². The van der Waals surface area contributed by atoms with Gasteiger partial charge in [-0.2, -0.15) is 4.39 Å². The Bertz CT molecular complexity index is 45.6. The molecule has 2 nitrogen and oxygen atoms in total. The molecule has 1 atom stereocenters. The topological polar surface area (TPSA) is 32.8 Å². The van der Waals surface area contributed by atoms with Gasteiger partial charge in [-0.25, -0.2) is 0 Å². The third-order valence-corrected chi connectivity index (χ3v) is 0.383. The second kappa shape index (κ2) is 0.507. The van der Waals surface area contributed by atoms with Crippen LogP contribution in [0.5, 0.6) is 0 Å². The van der Waals surface area contributed by atoms with Gasteiger partial charge >= 0.3 is 6.04 Å². The SMILES string of the molecule is OC1(F)CO1. The highest BCUT2D eigenvalue weighted by atomic mass is 19.2. The highest BCUT2D eigenvalue weighted by Crippen LogP contribution is 2.22. The molecule has 0 radical (unpaired) electrons. The van der Waals surface area contributed by atoms with Gasteiger partial charge in [0.15, 0.2) is 0 Å². The van der Waals surface area contributed by atoms with Crippen molar-refractivity contribution in [1.29, 1.82) is 0 Å². The van der Waals surface area contributed by atoms with Crippen molar-refractivity contribution < 1.29 is 14.2 Å². The first kappa shape index (κ1) is 3.06. The molecule has 1 fully saturated rings. The summed E-state index contributed by atoms with van der Waals surface area (Å²) in [4.78, 5) is 0. The van der Waals surface area contributed by atoms with Gasteiger partial charge in [0, 0.05) is 0 Å². The summed E-state index contributed by atoms with van der Waals surface area (Å²) in [5, 5.41) is 7.74. The van der Waals surface area contributed by atoms with E-state index in [1.54, 1.807) is 0 Å². The van der Waals surface area contributed by atoms with E-state index in [9.17, 15) is 4.39 Å². The molecule has 0 aliphatic carbocycles. The molecule has 0 aromatic heterocycles. The summed E-state index contributed by atoms with van der Waals surface area (Å²) < 4.78 is 14.9. The summed E-state index contributed by atoms with van der Waals surface area (Å²) in [7, 11) is 0. The van der Waals surface area contributed by atoms with Gasteiger partial charge in [0.05, 0.1) is 0 Å². The predicted molar refractivity (Wildman–Crippen MR) is 12.0 cm³/mol. The zero-order chi connectivity index (χ0) is 3.91. The standard InChI is InChI=1S/C2H3FO2/c3-2(4)1-5-2/h4H,1H2. The molecule has 1 rings (SSSR count). The molecular formula is C2H3FO2. The Morgan fingerprint density at radius 2 is 2.20 bits per heavy atom. The normalized spacial score (nSPS) is 49.2. The molecule has 0 aromatic carbocycles. The smallest absolute Gasteiger partial charge is 0.338 e. The predicted octanol–water partition coefficient (Wildman–Crippen LogP) is -0.368. The summed E-state index contributed by atoms with van der Waals surface area (Å²) >= 11 is 0. The summed E-state index contributed by atoms with van der Waals surface area (Å²) in [5.41, 5.74) is 0. The van der Waals surface area contributed by atoms with Crippen molar-refractivity contribution >= 4 is 0 Å². The molecule has 5 heavy (non-hydrogen) atoms. The van der Waals surface area contributed by atoms with Crippen LogP contribution in [0.4, 0.5) is 4.39 Å². The second-order valence-corrected chi connectivity index (χ2v) is 0.978. The summed E-state index contributed by atoms with van der Waals surface area (Å²) in [5.74, 6) is 0. The molecular weight excluding hydrogens is 75.0 g/mol. The molecule has 30 valence electrons. The first-order valence-electron chi connectivity index (χ1n) is 1.26. The number of hydrogen-bond donors (Lipinski definition) is 1. The largest absolute Gasteiger partial charge is 0.342 e. The van der Waals surface area contributed by atoms with Crippen LogP contribution in [0.15, 0.2) is 0 Å². The van der Waals surface area contributed by atoms with Crippen LogP contribution in [0, 0.1) is 0 Å².